The molecule has 0 fully saturated rings. The van der Waals surface area contributed by atoms with E-state index in [1.165, 1.54) is 205 Å². The lowest BCUT2D eigenvalue weighted by atomic mass is 10.0. The summed E-state index contributed by atoms with van der Waals surface area (Å²) in [4.78, 5) is 25.1. The van der Waals surface area contributed by atoms with E-state index in [2.05, 4.69) is 19.2 Å². The highest BCUT2D eigenvalue weighted by Gasteiger charge is 2.23. The van der Waals surface area contributed by atoms with E-state index < -0.39 is 20.0 Å². The molecule has 3 atom stereocenters. The van der Waals surface area contributed by atoms with Crippen molar-refractivity contribution in [3.8, 4) is 0 Å². The number of carbonyl (C=O) groups is 1. The van der Waals surface area contributed by atoms with Crippen molar-refractivity contribution in [2.45, 2.75) is 276 Å². The number of unbranched alkanes of at least 4 members (excludes halogenated alkanes) is 36. The van der Waals surface area contributed by atoms with Crippen LogP contribution in [0.25, 0.3) is 0 Å². The van der Waals surface area contributed by atoms with Gasteiger partial charge in [-0.2, -0.15) is 0 Å². The van der Waals surface area contributed by atoms with Crippen molar-refractivity contribution in [3.05, 3.63) is 12.2 Å². The van der Waals surface area contributed by atoms with Gasteiger partial charge in [-0.05, 0) is 12.8 Å². The number of aliphatic hydroxyl groups excluding tert-OH is 1. The summed E-state index contributed by atoms with van der Waals surface area (Å²) >= 11 is 0. The van der Waals surface area contributed by atoms with Crippen molar-refractivity contribution >= 4 is 13.7 Å². The van der Waals surface area contributed by atoms with Crippen LogP contribution in [0.15, 0.2) is 12.2 Å². The number of phosphoric ester groups is 1. The lowest BCUT2D eigenvalue weighted by Gasteiger charge is -2.29. The molecule has 0 aromatic heterocycles. The van der Waals surface area contributed by atoms with E-state index in [1.807, 2.05) is 27.2 Å². The Morgan fingerprint density at radius 3 is 1.21 bits per heavy atom. The second-order valence-corrected chi connectivity index (χ2v) is 21.0. The molecule has 0 aromatic carbocycles. The smallest absolute Gasteiger partial charge is 0.268 e. The number of hydrogen-bond donors (Lipinski definition) is 2. The Bertz CT molecular complexity index is 1000. The number of rotatable bonds is 49. The van der Waals surface area contributed by atoms with Gasteiger partial charge in [-0.15, -0.1) is 0 Å². The molecular formula is C52H105N2O6P. The molecule has 0 saturated carbocycles. The number of amides is 1. The number of nitrogens with zero attached hydrogens (tertiary/aromatic N) is 1. The van der Waals surface area contributed by atoms with Gasteiger partial charge >= 0.3 is 0 Å². The molecule has 2 N–H and O–H groups in total. The fourth-order valence-corrected chi connectivity index (χ4v) is 8.75. The Balaban J connectivity index is 3.65. The molecule has 9 heteroatoms. The van der Waals surface area contributed by atoms with Crippen LogP contribution in [0, 0.1) is 0 Å². The Hall–Kier alpha value is -0.760. The number of quaternary nitrogens is 1. The molecular weight excluding hydrogens is 780 g/mol. The minimum absolute atomic E-state index is 0.000525. The van der Waals surface area contributed by atoms with Crippen molar-refractivity contribution in [2.75, 3.05) is 40.9 Å². The number of likely N-dealkylation sites (N-methyl/N-ethyl adjacent to an activating group) is 1. The van der Waals surface area contributed by atoms with E-state index >= 15 is 0 Å². The van der Waals surface area contributed by atoms with Crippen LogP contribution in [-0.4, -0.2) is 68.5 Å². The minimum Gasteiger partial charge on any atom is -0.756 e. The fraction of sp³-hybridized carbons (Fsp3) is 0.942. The summed E-state index contributed by atoms with van der Waals surface area (Å²) in [7, 11) is 1.27. The molecule has 0 heterocycles. The van der Waals surface area contributed by atoms with Crippen LogP contribution in [-0.2, 0) is 18.4 Å². The molecule has 1 amide bonds. The number of phosphoric acid groups is 1. The molecule has 0 aromatic rings. The molecule has 61 heavy (non-hydrogen) atoms. The second kappa shape index (κ2) is 44.4. The van der Waals surface area contributed by atoms with Gasteiger partial charge in [0.05, 0.1) is 39.9 Å². The van der Waals surface area contributed by atoms with Crippen LogP contribution in [0.3, 0.4) is 0 Å². The number of nitrogens with one attached hydrogen (secondary N) is 1. The molecule has 0 rings (SSSR count). The first-order chi connectivity index (χ1) is 29.5. The molecule has 0 spiro atoms. The summed E-state index contributed by atoms with van der Waals surface area (Å²) in [6, 6.07) is -0.877. The maximum atomic E-state index is 12.7. The number of hydrogen-bond acceptors (Lipinski definition) is 6. The van der Waals surface area contributed by atoms with E-state index in [9.17, 15) is 19.4 Å². The van der Waals surface area contributed by atoms with E-state index in [1.54, 1.807) is 6.08 Å². The topological polar surface area (TPSA) is 108 Å². The van der Waals surface area contributed by atoms with Gasteiger partial charge in [-0.1, -0.05) is 257 Å². The Morgan fingerprint density at radius 2 is 0.885 bits per heavy atom. The number of carbonyl (C=O) groups excluding carboxylic acids is 1. The quantitative estimate of drug-likeness (QED) is 0.0273. The lowest BCUT2D eigenvalue weighted by Crippen LogP contribution is -2.45. The normalized spacial score (nSPS) is 14.1. The zero-order chi connectivity index (χ0) is 45.0. The molecule has 8 nitrogen and oxygen atoms in total. The van der Waals surface area contributed by atoms with Crippen LogP contribution >= 0.6 is 7.82 Å². The zero-order valence-corrected chi connectivity index (χ0v) is 42.3. The van der Waals surface area contributed by atoms with E-state index in [-0.39, 0.29) is 19.1 Å². The van der Waals surface area contributed by atoms with Gasteiger partial charge in [-0.3, -0.25) is 9.36 Å². The SMILES string of the molecule is CCCC/C=C/C(O)C(COP(=O)([O-])OCC[N+](C)(C)C)NC(=O)CCCCCCCCCCCCCCCCCCCCCCCCCCCCCCCCCCCCC. The summed E-state index contributed by atoms with van der Waals surface area (Å²) in [5.41, 5.74) is 0. The van der Waals surface area contributed by atoms with Crippen LogP contribution in [0.1, 0.15) is 264 Å². The van der Waals surface area contributed by atoms with Gasteiger partial charge in [0.2, 0.25) is 5.91 Å². The minimum atomic E-state index is -4.57. The average Bonchev–Trinajstić information content (AvgIpc) is 3.21. The summed E-state index contributed by atoms with van der Waals surface area (Å²) in [5.74, 6) is -0.202. The fourth-order valence-electron chi connectivity index (χ4n) is 8.02. The third-order valence-corrected chi connectivity index (χ3v) is 13.2. The first kappa shape index (κ1) is 60.2. The van der Waals surface area contributed by atoms with Crippen LogP contribution < -0.4 is 10.2 Å². The third kappa shape index (κ3) is 47.0. The highest BCUT2D eigenvalue weighted by atomic mass is 31.2. The molecule has 3 unspecified atom stereocenters. The molecule has 0 saturated heterocycles. The van der Waals surface area contributed by atoms with Gasteiger partial charge in [0.15, 0.2) is 0 Å². The van der Waals surface area contributed by atoms with Crippen molar-refractivity contribution in [3.63, 3.8) is 0 Å². The lowest BCUT2D eigenvalue weighted by molar-refractivity contribution is -0.870. The van der Waals surface area contributed by atoms with Crippen molar-refractivity contribution < 1.29 is 32.9 Å². The standard InChI is InChI=1S/C52H105N2O6P/c1-6-8-10-12-13-14-15-16-17-18-19-20-21-22-23-24-25-26-27-28-29-30-31-32-33-34-35-36-37-38-39-40-41-42-44-46-52(56)53-50(51(55)45-43-11-9-7-2)49-60-61(57,58)59-48-47-54(3,4)5/h43,45,50-51,55H,6-42,44,46-49H2,1-5H3,(H-,53,56,57,58)/b45-43+. The maximum Gasteiger partial charge on any atom is 0.268 e. The maximum absolute atomic E-state index is 12.7. The van der Waals surface area contributed by atoms with Crippen molar-refractivity contribution in [1.82, 2.24) is 5.32 Å². The summed E-state index contributed by atoms with van der Waals surface area (Å²) in [6.07, 6.45) is 53.9. The Kier molecular flexibility index (Phi) is 43.9. The summed E-state index contributed by atoms with van der Waals surface area (Å²) in [6.45, 7) is 4.51. The highest BCUT2D eigenvalue weighted by molar-refractivity contribution is 7.45. The molecule has 0 aliphatic rings. The number of allylic oxidation sites excluding steroid dienone is 1. The van der Waals surface area contributed by atoms with Crippen molar-refractivity contribution in [2.24, 2.45) is 0 Å². The summed E-state index contributed by atoms with van der Waals surface area (Å²) < 4.78 is 23.0. The van der Waals surface area contributed by atoms with E-state index in [4.69, 9.17) is 9.05 Å². The highest BCUT2D eigenvalue weighted by Crippen LogP contribution is 2.38. The largest absolute Gasteiger partial charge is 0.756 e. The Morgan fingerprint density at radius 1 is 0.557 bits per heavy atom. The first-order valence-electron chi connectivity index (χ1n) is 26.6. The average molecular weight is 885 g/mol. The van der Waals surface area contributed by atoms with Crippen molar-refractivity contribution in [1.29, 1.82) is 0 Å². The van der Waals surface area contributed by atoms with Crippen LogP contribution in [0.2, 0.25) is 0 Å². The summed E-state index contributed by atoms with van der Waals surface area (Å²) in [5, 5.41) is 13.5. The van der Waals surface area contributed by atoms with Gasteiger partial charge < -0.3 is 28.8 Å². The molecule has 364 valence electrons. The predicted octanol–water partition coefficient (Wildman–Crippen LogP) is 14.8. The van der Waals surface area contributed by atoms with E-state index in [0.29, 0.717) is 17.4 Å². The molecule has 0 radical (unpaired) electrons. The van der Waals surface area contributed by atoms with Gasteiger partial charge in [0.1, 0.15) is 13.2 Å². The van der Waals surface area contributed by atoms with Crippen LogP contribution in [0.5, 0.6) is 0 Å². The Labute approximate surface area is 380 Å². The van der Waals surface area contributed by atoms with Gasteiger partial charge in [0, 0.05) is 6.42 Å². The van der Waals surface area contributed by atoms with Gasteiger partial charge in [-0.25, -0.2) is 0 Å². The predicted molar refractivity (Wildman–Crippen MR) is 261 cm³/mol. The first-order valence-corrected chi connectivity index (χ1v) is 28.0. The number of aliphatic hydroxyl groups is 1. The van der Waals surface area contributed by atoms with Gasteiger partial charge in [0.25, 0.3) is 7.82 Å². The monoisotopic (exact) mass is 885 g/mol. The molecule has 0 bridgehead atoms. The zero-order valence-electron chi connectivity index (χ0n) is 41.4. The third-order valence-electron chi connectivity index (χ3n) is 12.2. The molecule has 0 aliphatic heterocycles. The second-order valence-electron chi connectivity index (χ2n) is 19.6. The van der Waals surface area contributed by atoms with Crippen LogP contribution in [0.4, 0.5) is 0 Å². The van der Waals surface area contributed by atoms with E-state index in [0.717, 1.165) is 38.5 Å². The molecule has 0 aliphatic carbocycles.